The van der Waals surface area contributed by atoms with Crippen LogP contribution in [0.25, 0.3) is 0 Å². The molecule has 0 bridgehead atoms. The van der Waals surface area contributed by atoms with Crippen LogP contribution in [0.5, 0.6) is 0 Å². The molecule has 0 atom stereocenters. The molecule has 0 spiro atoms. The summed E-state index contributed by atoms with van der Waals surface area (Å²) in [6.45, 7) is 4.58. The monoisotopic (exact) mass is 532 g/mol. The number of esters is 1. The molecule has 0 aliphatic heterocycles. The predicted octanol–water partition coefficient (Wildman–Crippen LogP) is 5.66. The molecule has 36 heavy (non-hydrogen) atoms. The Morgan fingerprint density at radius 3 is 2.19 bits per heavy atom. The lowest BCUT2D eigenvalue weighted by Gasteiger charge is -2.22. The molecule has 1 fully saturated rings. The molecule has 2 N–H and O–H groups in total. The predicted molar refractivity (Wildman–Crippen MR) is 122 cm³/mol. The number of nitrogens with one attached hydrogen (secondary N) is 2. The van der Waals surface area contributed by atoms with E-state index >= 15 is 0 Å². The van der Waals surface area contributed by atoms with Crippen molar-refractivity contribution in [1.29, 1.82) is 0 Å². The number of benzene rings is 2. The first kappa shape index (κ1) is 27.2. The average Bonchev–Trinajstić information content (AvgIpc) is 3.57. The second-order valence-corrected chi connectivity index (χ2v) is 10.8. The lowest BCUT2D eigenvalue weighted by Crippen LogP contribution is -2.28. The number of carbonyl (C=O) groups is 2. The van der Waals surface area contributed by atoms with Crippen LogP contribution in [-0.4, -0.2) is 33.2 Å². The van der Waals surface area contributed by atoms with E-state index in [0.29, 0.717) is 24.5 Å². The highest BCUT2D eigenvalue weighted by Crippen LogP contribution is 2.44. The summed E-state index contributed by atoms with van der Waals surface area (Å²) in [5.41, 5.74) is -3.84. The van der Waals surface area contributed by atoms with E-state index in [9.17, 15) is 35.6 Å². The van der Waals surface area contributed by atoms with Gasteiger partial charge in [0, 0.05) is 6.07 Å². The molecule has 1 aliphatic rings. The van der Waals surface area contributed by atoms with E-state index in [2.05, 4.69) is 10.1 Å². The third-order valence-corrected chi connectivity index (χ3v) is 6.46. The summed E-state index contributed by atoms with van der Waals surface area (Å²) in [5, 5.41) is 2.08. The van der Waals surface area contributed by atoms with Gasteiger partial charge in [0.1, 0.15) is 11.4 Å². The van der Waals surface area contributed by atoms with Gasteiger partial charge in [0.2, 0.25) is 0 Å². The van der Waals surface area contributed by atoms with Gasteiger partial charge in [0.15, 0.2) is 0 Å². The number of rotatable bonds is 6. The maximum absolute atomic E-state index is 14.3. The summed E-state index contributed by atoms with van der Waals surface area (Å²) in [5.74, 6) is -2.67. The van der Waals surface area contributed by atoms with Crippen LogP contribution in [0.1, 0.15) is 61.0 Å². The minimum atomic E-state index is -5.15. The Hall–Kier alpha value is -3.35. The number of sulfonamides is 1. The van der Waals surface area contributed by atoms with Crippen molar-refractivity contribution < 1.29 is 45.0 Å². The summed E-state index contributed by atoms with van der Waals surface area (Å²) in [6.07, 6.45) is -4.94. The topological polar surface area (TPSA) is 111 Å². The highest BCUT2D eigenvalue weighted by atomic mass is 32.2. The molecule has 3 rings (SSSR count). The molecule has 0 unspecified atom stereocenters. The minimum Gasteiger partial charge on any atom is -0.465 e. The molecule has 2 aromatic carbocycles. The first-order valence-electron chi connectivity index (χ1n) is 10.7. The molecular weight excluding hydrogens is 508 g/mol. The Morgan fingerprint density at radius 2 is 1.67 bits per heavy atom. The third kappa shape index (κ3) is 6.45. The van der Waals surface area contributed by atoms with Crippen LogP contribution >= 0.6 is 0 Å². The fourth-order valence-corrected chi connectivity index (χ4v) is 4.73. The molecule has 2 aromatic rings. The quantitative estimate of drug-likeness (QED) is 0.367. The first-order valence-corrected chi connectivity index (χ1v) is 12.2. The summed E-state index contributed by atoms with van der Waals surface area (Å²) in [7, 11) is -3.51. The zero-order valence-corrected chi connectivity index (χ0v) is 20.6. The highest BCUT2D eigenvalue weighted by molar-refractivity contribution is 7.92. The van der Waals surface area contributed by atoms with Gasteiger partial charge >= 0.3 is 18.2 Å². The van der Waals surface area contributed by atoms with Crippen LogP contribution in [-0.2, 0) is 25.7 Å². The van der Waals surface area contributed by atoms with Crippen molar-refractivity contribution >= 4 is 33.5 Å². The normalized spacial score (nSPS) is 14.2. The van der Waals surface area contributed by atoms with Crippen LogP contribution in [0.15, 0.2) is 35.2 Å². The van der Waals surface area contributed by atoms with Crippen LogP contribution in [0.4, 0.5) is 33.7 Å². The molecule has 196 valence electrons. The van der Waals surface area contributed by atoms with Crippen molar-refractivity contribution in [2.75, 3.05) is 17.1 Å². The van der Waals surface area contributed by atoms with Crippen molar-refractivity contribution in [1.82, 2.24) is 0 Å². The van der Waals surface area contributed by atoms with Crippen LogP contribution < -0.4 is 10.0 Å². The van der Waals surface area contributed by atoms with Gasteiger partial charge in [-0.25, -0.2) is 22.4 Å². The van der Waals surface area contributed by atoms with Gasteiger partial charge in [-0.3, -0.25) is 10.0 Å². The molecule has 1 saturated carbocycles. The molecule has 8 nitrogen and oxygen atoms in total. The van der Waals surface area contributed by atoms with Gasteiger partial charge in [-0.2, -0.15) is 13.2 Å². The minimum absolute atomic E-state index is 0.0931. The summed E-state index contributed by atoms with van der Waals surface area (Å²) < 4.78 is 92.8. The molecule has 0 radical (unpaired) electrons. The SMILES string of the molecule is COC(=O)c1ccc(C2CC2)c(S(=O)(=O)Nc2cc(C(F)(F)F)c(F)cc2NC(=O)OC(C)(C)C)c1. The number of amides is 1. The second-order valence-electron chi connectivity index (χ2n) is 9.13. The second kappa shape index (κ2) is 9.60. The average molecular weight is 533 g/mol. The third-order valence-electron chi connectivity index (χ3n) is 5.03. The Kier molecular flexibility index (Phi) is 7.26. The van der Waals surface area contributed by atoms with Crippen LogP contribution in [0, 0.1) is 5.82 Å². The van der Waals surface area contributed by atoms with E-state index in [1.807, 2.05) is 4.72 Å². The Bertz CT molecular complexity index is 1300. The van der Waals surface area contributed by atoms with E-state index in [1.54, 1.807) is 0 Å². The molecule has 1 aliphatic carbocycles. The fraction of sp³-hybridized carbons (Fsp3) is 0.391. The number of methoxy groups -OCH3 is 1. The lowest BCUT2D eigenvalue weighted by atomic mass is 10.1. The molecular formula is C23H24F4N2O6S. The van der Waals surface area contributed by atoms with Crippen LogP contribution in [0.2, 0.25) is 0 Å². The van der Waals surface area contributed by atoms with Crippen molar-refractivity contribution in [3.05, 3.63) is 52.8 Å². The smallest absolute Gasteiger partial charge is 0.419 e. The van der Waals surface area contributed by atoms with Crippen LogP contribution in [0.3, 0.4) is 0 Å². The maximum Gasteiger partial charge on any atom is 0.419 e. The van der Waals surface area contributed by atoms with Crippen molar-refractivity contribution in [2.45, 2.75) is 56.2 Å². The Balaban J connectivity index is 2.10. The van der Waals surface area contributed by atoms with Crippen molar-refractivity contribution in [3.63, 3.8) is 0 Å². The van der Waals surface area contributed by atoms with Gasteiger partial charge in [-0.15, -0.1) is 0 Å². The summed E-state index contributed by atoms with van der Waals surface area (Å²) in [6, 6.07) is 4.45. The molecule has 0 saturated heterocycles. The highest BCUT2D eigenvalue weighted by Gasteiger charge is 2.37. The maximum atomic E-state index is 14.3. The van der Waals surface area contributed by atoms with E-state index in [4.69, 9.17) is 4.74 Å². The van der Waals surface area contributed by atoms with E-state index in [0.717, 1.165) is 13.2 Å². The first-order chi connectivity index (χ1) is 16.5. The largest absolute Gasteiger partial charge is 0.465 e. The van der Waals surface area contributed by atoms with Crippen molar-refractivity contribution in [2.24, 2.45) is 0 Å². The number of ether oxygens (including phenoxy) is 2. The molecule has 13 heteroatoms. The number of anilines is 2. The molecule has 0 aromatic heterocycles. The zero-order valence-electron chi connectivity index (χ0n) is 19.7. The number of halogens is 4. The Labute approximate surface area is 205 Å². The number of alkyl halides is 3. The number of hydrogen-bond donors (Lipinski definition) is 2. The number of carbonyl (C=O) groups excluding carboxylic acids is 2. The lowest BCUT2D eigenvalue weighted by molar-refractivity contribution is -0.139. The Morgan fingerprint density at radius 1 is 1.03 bits per heavy atom. The fourth-order valence-electron chi connectivity index (χ4n) is 3.34. The van der Waals surface area contributed by atoms with E-state index in [-0.39, 0.29) is 22.4 Å². The van der Waals surface area contributed by atoms with Gasteiger partial charge in [-0.05, 0) is 63.3 Å². The number of hydrogen-bond acceptors (Lipinski definition) is 6. The molecule has 1 amide bonds. The van der Waals surface area contributed by atoms with Crippen molar-refractivity contribution in [3.8, 4) is 0 Å². The zero-order chi connectivity index (χ0) is 27.1. The standard InChI is InChI=1S/C23H24F4N2O6S/c1-22(2,3)35-21(31)28-17-11-16(24)15(23(25,26)27)10-18(17)29-36(32,33)19-9-13(20(30)34-4)7-8-14(19)12-5-6-12/h7-12,29H,5-6H2,1-4H3,(H,28,31). The van der Waals surface area contributed by atoms with E-state index in [1.165, 1.54) is 32.9 Å². The van der Waals surface area contributed by atoms with Gasteiger partial charge in [0.25, 0.3) is 10.0 Å². The van der Waals surface area contributed by atoms with Gasteiger partial charge in [-0.1, -0.05) is 6.07 Å². The molecule has 0 heterocycles. The summed E-state index contributed by atoms with van der Waals surface area (Å²) in [4.78, 5) is 23.8. The van der Waals surface area contributed by atoms with Gasteiger partial charge in [0.05, 0.1) is 34.5 Å². The van der Waals surface area contributed by atoms with E-state index < -0.39 is 56.6 Å². The summed E-state index contributed by atoms with van der Waals surface area (Å²) >= 11 is 0. The van der Waals surface area contributed by atoms with Gasteiger partial charge < -0.3 is 9.47 Å².